The topological polar surface area (TPSA) is 86.0 Å². The maximum Gasteiger partial charge on any atom is 0.342 e. The van der Waals surface area contributed by atoms with E-state index in [2.05, 4.69) is 0 Å². The zero-order chi connectivity index (χ0) is 18.0. The van der Waals surface area contributed by atoms with Crippen LogP contribution in [0, 0.1) is 6.92 Å². The highest BCUT2D eigenvalue weighted by molar-refractivity contribution is 5.92. The fourth-order valence-electron chi connectivity index (χ4n) is 2.57. The quantitative estimate of drug-likeness (QED) is 0.580. The smallest absolute Gasteiger partial charge is 0.342 e. The van der Waals surface area contributed by atoms with E-state index in [0.29, 0.717) is 27.8 Å². The molecule has 3 rings (SSSR count). The van der Waals surface area contributed by atoms with Crippen molar-refractivity contribution in [3.05, 3.63) is 69.6 Å². The number of carbonyl (C=O) groups excluding carboxylic acids is 1. The lowest BCUT2D eigenvalue weighted by atomic mass is 10.1. The molecule has 0 amide bonds. The Morgan fingerprint density at radius 2 is 1.96 bits per heavy atom. The Morgan fingerprint density at radius 3 is 2.72 bits per heavy atom. The van der Waals surface area contributed by atoms with Crippen LogP contribution < -0.4 is 10.4 Å². The summed E-state index contributed by atoms with van der Waals surface area (Å²) in [5.74, 6) is -0.126. The predicted octanol–water partition coefficient (Wildman–Crippen LogP) is 3.17. The van der Waals surface area contributed by atoms with Crippen LogP contribution >= 0.6 is 0 Å². The van der Waals surface area contributed by atoms with Gasteiger partial charge >= 0.3 is 11.6 Å². The number of para-hydroxylation sites is 1. The number of aryl methyl sites for hydroxylation is 1. The van der Waals surface area contributed by atoms with E-state index in [1.165, 1.54) is 19.2 Å². The Hall–Kier alpha value is -3.28. The average Bonchev–Trinajstić information content (AvgIpc) is 2.62. The number of hydrogen-bond donors (Lipinski definition) is 1. The van der Waals surface area contributed by atoms with Crippen molar-refractivity contribution in [2.24, 2.45) is 0 Å². The first-order valence-electron chi connectivity index (χ1n) is 7.56. The summed E-state index contributed by atoms with van der Waals surface area (Å²) in [6.07, 6.45) is 0. The van der Waals surface area contributed by atoms with Gasteiger partial charge in [0.15, 0.2) is 0 Å². The second kappa shape index (κ2) is 6.68. The van der Waals surface area contributed by atoms with Crippen molar-refractivity contribution in [1.82, 2.24) is 0 Å². The summed E-state index contributed by atoms with van der Waals surface area (Å²) < 4.78 is 15.6. The largest absolute Gasteiger partial charge is 0.508 e. The number of fused-ring (bicyclic) bond motifs is 1. The van der Waals surface area contributed by atoms with Gasteiger partial charge in [-0.2, -0.15) is 0 Å². The summed E-state index contributed by atoms with van der Waals surface area (Å²) in [6.45, 7) is 1.54. The van der Waals surface area contributed by atoms with E-state index >= 15 is 0 Å². The molecule has 0 aliphatic rings. The number of benzene rings is 2. The normalized spacial score (nSPS) is 10.6. The Labute approximate surface area is 143 Å². The average molecular weight is 340 g/mol. The van der Waals surface area contributed by atoms with Crippen molar-refractivity contribution in [3.63, 3.8) is 0 Å². The van der Waals surface area contributed by atoms with E-state index < -0.39 is 11.6 Å². The number of rotatable bonds is 4. The summed E-state index contributed by atoms with van der Waals surface area (Å²) in [7, 11) is 1.47. The van der Waals surface area contributed by atoms with Crippen molar-refractivity contribution >= 4 is 16.9 Å². The third-order valence-corrected chi connectivity index (χ3v) is 3.90. The Balaban J connectivity index is 1.92. The van der Waals surface area contributed by atoms with Crippen molar-refractivity contribution in [2.75, 3.05) is 7.11 Å². The summed E-state index contributed by atoms with van der Waals surface area (Å²) in [5, 5.41) is 10.4. The number of hydrogen-bond acceptors (Lipinski definition) is 6. The first-order chi connectivity index (χ1) is 12.0. The van der Waals surface area contributed by atoms with Crippen LogP contribution in [0.25, 0.3) is 11.0 Å². The third-order valence-electron chi connectivity index (χ3n) is 3.90. The highest BCUT2D eigenvalue weighted by Crippen LogP contribution is 2.28. The molecular formula is C19H16O6. The molecule has 6 nitrogen and oxygen atoms in total. The highest BCUT2D eigenvalue weighted by atomic mass is 16.5. The van der Waals surface area contributed by atoms with Crippen LogP contribution in [-0.2, 0) is 11.3 Å². The lowest BCUT2D eigenvalue weighted by Crippen LogP contribution is -2.09. The summed E-state index contributed by atoms with van der Waals surface area (Å²) in [5.41, 5.74) is 0.941. The molecule has 0 radical (unpaired) electrons. The molecule has 0 bridgehead atoms. The molecule has 6 heteroatoms. The molecule has 1 heterocycles. The monoisotopic (exact) mass is 340 g/mol. The summed E-state index contributed by atoms with van der Waals surface area (Å²) >= 11 is 0. The fraction of sp³-hybridized carbons (Fsp3) is 0.158. The minimum Gasteiger partial charge on any atom is -0.508 e. The van der Waals surface area contributed by atoms with Gasteiger partial charge in [-0.1, -0.05) is 12.1 Å². The van der Waals surface area contributed by atoms with Crippen LogP contribution in [0.5, 0.6) is 11.5 Å². The number of aromatic hydroxyl groups is 1. The van der Waals surface area contributed by atoms with Crippen LogP contribution in [0.3, 0.4) is 0 Å². The SMILES string of the molecule is COc1ccccc1C(=O)OCc1cc(=O)oc2c(C)c(O)ccc12. The van der Waals surface area contributed by atoms with Crippen LogP contribution in [-0.4, -0.2) is 18.2 Å². The minimum absolute atomic E-state index is 0.0267. The molecule has 0 fully saturated rings. The highest BCUT2D eigenvalue weighted by Gasteiger charge is 2.15. The number of carbonyl (C=O) groups is 1. The summed E-state index contributed by atoms with van der Waals surface area (Å²) in [4.78, 5) is 24.1. The van der Waals surface area contributed by atoms with Crippen LogP contribution in [0.1, 0.15) is 21.5 Å². The van der Waals surface area contributed by atoms with Gasteiger partial charge in [0.1, 0.15) is 29.3 Å². The van der Waals surface area contributed by atoms with E-state index in [-0.39, 0.29) is 17.9 Å². The first-order valence-corrected chi connectivity index (χ1v) is 7.56. The zero-order valence-corrected chi connectivity index (χ0v) is 13.7. The molecule has 1 N–H and O–H groups in total. The molecule has 3 aromatic rings. The Kier molecular flexibility index (Phi) is 4.43. The maximum atomic E-state index is 12.3. The van der Waals surface area contributed by atoms with Gasteiger partial charge in [-0.15, -0.1) is 0 Å². The van der Waals surface area contributed by atoms with Crippen molar-refractivity contribution in [3.8, 4) is 11.5 Å². The third kappa shape index (κ3) is 3.19. The van der Waals surface area contributed by atoms with Gasteiger partial charge in [0.05, 0.1) is 7.11 Å². The molecule has 0 aliphatic heterocycles. The number of esters is 1. The van der Waals surface area contributed by atoms with E-state index in [1.54, 1.807) is 37.3 Å². The van der Waals surface area contributed by atoms with Crippen molar-refractivity contribution in [2.45, 2.75) is 13.5 Å². The molecule has 25 heavy (non-hydrogen) atoms. The number of ether oxygens (including phenoxy) is 2. The van der Waals surface area contributed by atoms with Gasteiger partial charge in [-0.25, -0.2) is 9.59 Å². The number of methoxy groups -OCH3 is 1. The molecule has 0 aliphatic carbocycles. The van der Waals surface area contributed by atoms with Crippen LogP contribution in [0.2, 0.25) is 0 Å². The van der Waals surface area contributed by atoms with E-state index in [0.717, 1.165) is 0 Å². The van der Waals surface area contributed by atoms with Gasteiger partial charge in [-0.3, -0.25) is 0 Å². The van der Waals surface area contributed by atoms with Gasteiger partial charge in [0.25, 0.3) is 0 Å². The summed E-state index contributed by atoms with van der Waals surface area (Å²) in [6, 6.07) is 11.1. The molecule has 0 saturated carbocycles. The van der Waals surface area contributed by atoms with Crippen molar-refractivity contribution < 1.29 is 23.8 Å². The molecule has 128 valence electrons. The molecule has 0 spiro atoms. The van der Waals surface area contributed by atoms with Crippen molar-refractivity contribution in [1.29, 1.82) is 0 Å². The lowest BCUT2D eigenvalue weighted by Gasteiger charge is -2.10. The number of phenols is 1. The minimum atomic E-state index is -0.579. The van der Waals surface area contributed by atoms with Crippen LogP contribution in [0.15, 0.2) is 51.7 Å². The predicted molar refractivity (Wildman–Crippen MR) is 91.0 cm³/mol. The second-order valence-electron chi connectivity index (χ2n) is 5.45. The molecule has 0 atom stereocenters. The zero-order valence-electron chi connectivity index (χ0n) is 13.7. The standard InChI is InChI=1S/C19H16O6/c1-11-15(20)8-7-13-12(9-17(21)25-18(11)13)10-24-19(22)14-5-3-4-6-16(14)23-2/h3-9,20H,10H2,1-2H3. The molecule has 0 saturated heterocycles. The first kappa shape index (κ1) is 16.6. The van der Waals surface area contributed by atoms with E-state index in [9.17, 15) is 14.7 Å². The molecule has 1 aromatic heterocycles. The fourth-order valence-corrected chi connectivity index (χ4v) is 2.57. The molecule has 0 unspecified atom stereocenters. The Bertz CT molecular complexity index is 1000. The van der Waals surface area contributed by atoms with Gasteiger partial charge in [0.2, 0.25) is 0 Å². The second-order valence-corrected chi connectivity index (χ2v) is 5.45. The van der Waals surface area contributed by atoms with Crippen LogP contribution in [0.4, 0.5) is 0 Å². The van der Waals surface area contributed by atoms with Gasteiger partial charge in [0, 0.05) is 22.6 Å². The molecule has 2 aromatic carbocycles. The van der Waals surface area contributed by atoms with Gasteiger partial charge < -0.3 is 19.0 Å². The van der Waals surface area contributed by atoms with E-state index in [1.807, 2.05) is 0 Å². The Morgan fingerprint density at radius 1 is 1.20 bits per heavy atom. The maximum absolute atomic E-state index is 12.3. The molecular weight excluding hydrogens is 324 g/mol. The van der Waals surface area contributed by atoms with E-state index in [4.69, 9.17) is 13.9 Å². The lowest BCUT2D eigenvalue weighted by molar-refractivity contribution is 0.0470. The van der Waals surface area contributed by atoms with Gasteiger partial charge in [-0.05, 0) is 31.2 Å². The number of phenolic OH excluding ortho intramolecular Hbond substituents is 1.